The third-order valence-electron chi connectivity index (χ3n) is 1.76. The predicted octanol–water partition coefficient (Wildman–Crippen LogP) is 5.38. The number of benzene rings is 1. The maximum Gasteiger partial charge on any atom is 0.225 e. The molecule has 2 rings (SSSR count). The van der Waals surface area contributed by atoms with Gasteiger partial charge in [-0.3, -0.25) is 0 Å². The minimum absolute atomic E-state index is 0.686. The van der Waals surface area contributed by atoms with Crippen molar-refractivity contribution in [2.45, 2.75) is 3.79 Å². The number of hydrogen-bond acceptors (Lipinski definition) is 1. The molecule has 0 radical (unpaired) electrons. The SMILES string of the molecule is Clc1ccc2sc(C(Cl)(Cl)Cl)cc2c1. The summed E-state index contributed by atoms with van der Waals surface area (Å²) in [6.45, 7) is 0. The molecule has 0 aliphatic carbocycles. The fourth-order valence-electron chi connectivity index (χ4n) is 1.15. The van der Waals surface area contributed by atoms with E-state index in [9.17, 15) is 0 Å². The second-order valence-corrected chi connectivity index (χ2v) is 6.59. The van der Waals surface area contributed by atoms with E-state index in [4.69, 9.17) is 46.4 Å². The Balaban J connectivity index is 2.63. The standard InChI is InChI=1S/C9H4Cl4S/c10-6-1-2-7-5(3-6)4-8(14-7)9(11,12)13/h1-4H. The Bertz CT molecular complexity index is 469. The van der Waals surface area contributed by atoms with Gasteiger partial charge in [-0.1, -0.05) is 46.4 Å². The molecule has 1 aromatic carbocycles. The number of halogens is 4. The maximum atomic E-state index is 5.85. The first kappa shape index (κ1) is 10.8. The van der Waals surface area contributed by atoms with Crippen LogP contribution in [0.25, 0.3) is 10.1 Å². The molecule has 5 heteroatoms. The van der Waals surface area contributed by atoms with E-state index in [1.165, 1.54) is 11.3 Å². The van der Waals surface area contributed by atoms with Crippen LogP contribution in [0.3, 0.4) is 0 Å². The van der Waals surface area contributed by atoms with Crippen molar-refractivity contribution in [1.82, 2.24) is 0 Å². The van der Waals surface area contributed by atoms with E-state index >= 15 is 0 Å². The lowest BCUT2D eigenvalue weighted by atomic mass is 10.2. The quantitative estimate of drug-likeness (QED) is 0.570. The Kier molecular flexibility index (Phi) is 2.89. The Morgan fingerprint density at radius 3 is 2.43 bits per heavy atom. The van der Waals surface area contributed by atoms with Gasteiger partial charge < -0.3 is 0 Å². The summed E-state index contributed by atoms with van der Waals surface area (Å²) in [5, 5.41) is 1.69. The minimum Gasteiger partial charge on any atom is -0.136 e. The van der Waals surface area contributed by atoms with Crippen molar-refractivity contribution in [3.63, 3.8) is 0 Å². The first-order chi connectivity index (χ1) is 6.47. The Morgan fingerprint density at radius 2 is 1.79 bits per heavy atom. The highest BCUT2D eigenvalue weighted by Crippen LogP contribution is 2.44. The molecule has 0 unspecified atom stereocenters. The summed E-state index contributed by atoms with van der Waals surface area (Å²) in [6, 6.07) is 7.44. The van der Waals surface area contributed by atoms with E-state index in [1.807, 2.05) is 24.3 Å². The Labute approximate surface area is 105 Å². The van der Waals surface area contributed by atoms with Gasteiger partial charge in [-0.05, 0) is 29.7 Å². The summed E-state index contributed by atoms with van der Waals surface area (Å²) < 4.78 is -0.286. The van der Waals surface area contributed by atoms with Crippen molar-refractivity contribution in [3.8, 4) is 0 Å². The molecule has 0 aliphatic heterocycles. The van der Waals surface area contributed by atoms with Crippen LogP contribution in [-0.4, -0.2) is 0 Å². The lowest BCUT2D eigenvalue weighted by Crippen LogP contribution is -1.94. The second kappa shape index (κ2) is 3.73. The van der Waals surface area contributed by atoms with Crippen LogP contribution in [-0.2, 0) is 3.79 Å². The van der Waals surface area contributed by atoms with Gasteiger partial charge in [-0.25, -0.2) is 0 Å². The van der Waals surface area contributed by atoms with E-state index < -0.39 is 3.79 Å². The average molecular weight is 286 g/mol. The van der Waals surface area contributed by atoms with Gasteiger partial charge in [-0.15, -0.1) is 11.3 Å². The molecule has 0 saturated heterocycles. The van der Waals surface area contributed by atoms with Crippen LogP contribution >= 0.6 is 57.7 Å². The predicted molar refractivity (Wildman–Crippen MR) is 66.1 cm³/mol. The van der Waals surface area contributed by atoms with Gasteiger partial charge in [0.1, 0.15) is 0 Å². The highest BCUT2D eigenvalue weighted by molar-refractivity contribution is 7.20. The molecule has 0 bridgehead atoms. The van der Waals surface area contributed by atoms with E-state index in [0.29, 0.717) is 9.90 Å². The molecule has 1 aromatic heterocycles. The monoisotopic (exact) mass is 284 g/mol. The second-order valence-electron chi connectivity index (χ2n) is 2.79. The third kappa shape index (κ3) is 2.12. The van der Waals surface area contributed by atoms with Gasteiger partial charge in [-0.2, -0.15) is 0 Å². The summed E-state index contributed by atoms with van der Waals surface area (Å²) in [7, 11) is 0. The normalized spacial score (nSPS) is 12.3. The van der Waals surface area contributed by atoms with Gasteiger partial charge in [0.15, 0.2) is 0 Å². The van der Waals surface area contributed by atoms with Crippen molar-refractivity contribution in [3.05, 3.63) is 34.2 Å². The molecule has 0 aliphatic rings. The van der Waals surface area contributed by atoms with Crippen molar-refractivity contribution in [2.24, 2.45) is 0 Å². The first-order valence-electron chi connectivity index (χ1n) is 3.73. The molecule has 1 heterocycles. The molecule has 0 N–H and O–H groups in total. The van der Waals surface area contributed by atoms with Crippen LogP contribution in [0, 0.1) is 0 Å². The van der Waals surface area contributed by atoms with Crippen molar-refractivity contribution < 1.29 is 0 Å². The highest BCUT2D eigenvalue weighted by Gasteiger charge is 2.25. The molecule has 0 fully saturated rings. The number of fused-ring (bicyclic) bond motifs is 1. The van der Waals surface area contributed by atoms with E-state index in [1.54, 1.807) is 0 Å². The zero-order valence-corrected chi connectivity index (χ0v) is 10.6. The van der Waals surface area contributed by atoms with Crippen LogP contribution in [0.15, 0.2) is 24.3 Å². The number of rotatable bonds is 0. The van der Waals surface area contributed by atoms with Crippen LogP contribution in [0.5, 0.6) is 0 Å². The summed E-state index contributed by atoms with van der Waals surface area (Å²) in [5.41, 5.74) is 0. The fourth-order valence-corrected chi connectivity index (χ4v) is 2.76. The van der Waals surface area contributed by atoms with Gasteiger partial charge in [0.25, 0.3) is 0 Å². The summed E-state index contributed by atoms with van der Waals surface area (Å²) in [6.07, 6.45) is 0. The molecule has 0 spiro atoms. The molecular weight excluding hydrogens is 282 g/mol. The van der Waals surface area contributed by atoms with Crippen molar-refractivity contribution in [1.29, 1.82) is 0 Å². The molecule has 2 aromatic rings. The molecule has 0 nitrogen and oxygen atoms in total. The molecule has 74 valence electrons. The van der Waals surface area contributed by atoms with Gasteiger partial charge in [0.2, 0.25) is 3.79 Å². The third-order valence-corrected chi connectivity index (χ3v) is 4.18. The van der Waals surface area contributed by atoms with Crippen molar-refractivity contribution >= 4 is 67.8 Å². The summed E-state index contributed by atoms with van der Waals surface area (Å²) >= 11 is 24.6. The van der Waals surface area contributed by atoms with E-state index in [0.717, 1.165) is 10.1 Å². The zero-order valence-electron chi connectivity index (χ0n) is 6.73. The average Bonchev–Trinajstić information content (AvgIpc) is 2.45. The van der Waals surface area contributed by atoms with Crippen molar-refractivity contribution in [2.75, 3.05) is 0 Å². The minimum atomic E-state index is -1.35. The van der Waals surface area contributed by atoms with Gasteiger partial charge in [0.05, 0.1) is 4.88 Å². The molecule has 0 amide bonds. The Hall–Kier alpha value is 0.340. The van der Waals surface area contributed by atoms with Crippen LogP contribution in [0.2, 0.25) is 5.02 Å². The molecular formula is C9H4Cl4S. The van der Waals surface area contributed by atoms with E-state index in [-0.39, 0.29) is 0 Å². The molecule has 0 saturated carbocycles. The zero-order chi connectivity index (χ0) is 10.3. The van der Waals surface area contributed by atoms with Crippen LogP contribution < -0.4 is 0 Å². The topological polar surface area (TPSA) is 0 Å². The molecule has 14 heavy (non-hydrogen) atoms. The Morgan fingerprint density at radius 1 is 1.07 bits per heavy atom. The fraction of sp³-hybridized carbons (Fsp3) is 0.111. The van der Waals surface area contributed by atoms with E-state index in [2.05, 4.69) is 0 Å². The summed E-state index contributed by atoms with van der Waals surface area (Å²) in [4.78, 5) is 0.708. The smallest absolute Gasteiger partial charge is 0.136 e. The van der Waals surface area contributed by atoms with Crippen LogP contribution in [0.1, 0.15) is 4.88 Å². The lowest BCUT2D eigenvalue weighted by Gasteiger charge is -2.05. The maximum absolute atomic E-state index is 5.85. The van der Waals surface area contributed by atoms with Gasteiger partial charge in [0, 0.05) is 9.72 Å². The number of thiophene rings is 1. The lowest BCUT2D eigenvalue weighted by molar-refractivity contribution is 1.32. The summed E-state index contributed by atoms with van der Waals surface area (Å²) in [5.74, 6) is 0. The largest absolute Gasteiger partial charge is 0.225 e. The van der Waals surface area contributed by atoms with Crippen LogP contribution in [0.4, 0.5) is 0 Å². The number of alkyl halides is 3. The van der Waals surface area contributed by atoms with Gasteiger partial charge >= 0.3 is 0 Å². The molecule has 0 atom stereocenters. The number of hydrogen-bond donors (Lipinski definition) is 0. The highest BCUT2D eigenvalue weighted by atomic mass is 35.6. The first-order valence-corrected chi connectivity index (χ1v) is 6.06.